The van der Waals surface area contributed by atoms with Crippen molar-refractivity contribution in [2.24, 2.45) is 0 Å². The summed E-state index contributed by atoms with van der Waals surface area (Å²) < 4.78 is 30.0. The molecule has 0 spiro atoms. The molecular formula is C8H5ClF2INO2. The number of methoxy groups -OCH3 is 1. The second-order valence-corrected chi connectivity index (χ2v) is 3.85. The zero-order valence-electron chi connectivity index (χ0n) is 7.43. The van der Waals surface area contributed by atoms with Crippen LogP contribution in [-0.4, -0.2) is 17.3 Å². The molecule has 1 rings (SSSR count). The number of carbonyl (C=O) groups is 1. The van der Waals surface area contributed by atoms with Gasteiger partial charge in [-0.1, -0.05) is 0 Å². The Kier molecular flexibility index (Phi) is 4.21. The van der Waals surface area contributed by atoms with Crippen LogP contribution in [0.3, 0.4) is 0 Å². The fourth-order valence-electron chi connectivity index (χ4n) is 1.03. The molecule has 82 valence electrons. The van der Waals surface area contributed by atoms with E-state index in [1.165, 1.54) is 7.11 Å². The largest absolute Gasteiger partial charge is 0.495 e. The highest BCUT2D eigenvalue weighted by Gasteiger charge is 2.23. The number of halogens is 4. The minimum Gasteiger partial charge on any atom is -0.495 e. The number of alkyl halides is 2. The Morgan fingerprint density at radius 2 is 2.27 bits per heavy atom. The van der Waals surface area contributed by atoms with Crippen molar-refractivity contribution in [3.05, 3.63) is 21.0 Å². The van der Waals surface area contributed by atoms with Gasteiger partial charge in [-0.15, -0.1) is 0 Å². The minimum absolute atomic E-state index is 0.127. The molecule has 15 heavy (non-hydrogen) atoms. The maximum atomic E-state index is 12.5. The Balaban J connectivity index is 3.47. The molecular weight excluding hydrogens is 342 g/mol. The van der Waals surface area contributed by atoms with Crippen LogP contribution in [0.2, 0.25) is 0 Å². The van der Waals surface area contributed by atoms with E-state index in [0.717, 1.165) is 6.20 Å². The molecule has 0 bridgehead atoms. The molecule has 7 heteroatoms. The summed E-state index contributed by atoms with van der Waals surface area (Å²) in [7, 11) is 1.20. The third-order valence-electron chi connectivity index (χ3n) is 1.65. The Morgan fingerprint density at radius 1 is 1.67 bits per heavy atom. The van der Waals surface area contributed by atoms with Crippen molar-refractivity contribution in [2.75, 3.05) is 7.11 Å². The molecule has 1 heterocycles. The maximum absolute atomic E-state index is 12.5. The van der Waals surface area contributed by atoms with E-state index < -0.39 is 17.2 Å². The van der Waals surface area contributed by atoms with Crippen LogP contribution in [0.5, 0.6) is 5.75 Å². The molecule has 1 aromatic heterocycles. The van der Waals surface area contributed by atoms with Crippen LogP contribution < -0.4 is 4.74 Å². The van der Waals surface area contributed by atoms with E-state index in [4.69, 9.17) is 16.3 Å². The number of hydrogen-bond donors (Lipinski definition) is 0. The van der Waals surface area contributed by atoms with Gasteiger partial charge >= 0.3 is 0 Å². The van der Waals surface area contributed by atoms with Crippen molar-refractivity contribution in [3.63, 3.8) is 0 Å². The van der Waals surface area contributed by atoms with Gasteiger partial charge in [-0.05, 0) is 34.2 Å². The van der Waals surface area contributed by atoms with Crippen molar-refractivity contribution in [1.29, 1.82) is 0 Å². The summed E-state index contributed by atoms with van der Waals surface area (Å²) in [4.78, 5) is 14.7. The first-order valence-electron chi connectivity index (χ1n) is 3.69. The van der Waals surface area contributed by atoms with Crippen LogP contribution in [0.25, 0.3) is 0 Å². The van der Waals surface area contributed by atoms with E-state index in [1.807, 2.05) is 0 Å². The van der Waals surface area contributed by atoms with Gasteiger partial charge in [0.2, 0.25) is 0 Å². The molecule has 0 aliphatic rings. The predicted molar refractivity (Wildman–Crippen MR) is 58.6 cm³/mol. The highest BCUT2D eigenvalue weighted by Crippen LogP contribution is 2.34. The molecule has 0 aromatic carbocycles. The van der Waals surface area contributed by atoms with E-state index in [0.29, 0.717) is 0 Å². The molecule has 0 N–H and O–H groups in total. The fourth-order valence-corrected chi connectivity index (χ4v) is 2.00. The first-order chi connectivity index (χ1) is 6.99. The lowest BCUT2D eigenvalue weighted by atomic mass is 10.2. The van der Waals surface area contributed by atoms with Crippen LogP contribution in [0.4, 0.5) is 8.78 Å². The van der Waals surface area contributed by atoms with Crippen LogP contribution >= 0.6 is 34.2 Å². The van der Waals surface area contributed by atoms with Crippen molar-refractivity contribution in [1.82, 2.24) is 4.98 Å². The number of aromatic nitrogens is 1. The summed E-state index contributed by atoms with van der Waals surface area (Å²) in [5, 5.41) is -0.869. The quantitative estimate of drug-likeness (QED) is 0.479. The van der Waals surface area contributed by atoms with Gasteiger partial charge in [0.15, 0.2) is 0 Å². The lowest BCUT2D eigenvalue weighted by Crippen LogP contribution is -2.05. The second-order valence-electron chi connectivity index (χ2n) is 2.49. The Bertz CT molecular complexity index is 400. The summed E-state index contributed by atoms with van der Waals surface area (Å²) >= 11 is 6.98. The van der Waals surface area contributed by atoms with Crippen molar-refractivity contribution in [2.45, 2.75) is 6.43 Å². The number of nitrogens with zero attached hydrogens (tertiary/aromatic N) is 1. The van der Waals surface area contributed by atoms with Gasteiger partial charge in [-0.2, -0.15) is 0 Å². The van der Waals surface area contributed by atoms with Gasteiger partial charge in [0.25, 0.3) is 11.7 Å². The van der Waals surface area contributed by atoms with Gasteiger partial charge < -0.3 is 4.74 Å². The number of ether oxygens (including phenoxy) is 1. The van der Waals surface area contributed by atoms with Crippen molar-refractivity contribution in [3.8, 4) is 5.75 Å². The zero-order chi connectivity index (χ0) is 11.6. The summed E-state index contributed by atoms with van der Waals surface area (Å²) in [6.07, 6.45) is -1.80. The molecule has 0 aliphatic carbocycles. The molecule has 0 aliphatic heterocycles. The van der Waals surface area contributed by atoms with Crippen molar-refractivity contribution >= 4 is 39.4 Å². The molecule has 1 aromatic rings. The van der Waals surface area contributed by atoms with Gasteiger partial charge in [0.05, 0.1) is 12.7 Å². The van der Waals surface area contributed by atoms with Gasteiger partial charge in [-0.3, -0.25) is 4.79 Å². The Labute approximate surface area is 103 Å². The summed E-state index contributed by atoms with van der Waals surface area (Å²) in [6, 6.07) is 0. The second kappa shape index (κ2) is 5.02. The van der Waals surface area contributed by atoms with E-state index >= 15 is 0 Å². The fraction of sp³-hybridized carbons (Fsp3) is 0.250. The number of carbonyl (C=O) groups excluding carboxylic acids is 1. The average Bonchev–Trinajstić information content (AvgIpc) is 2.15. The van der Waals surface area contributed by atoms with E-state index in [-0.39, 0.29) is 15.0 Å². The molecule has 0 atom stereocenters. The maximum Gasteiger partial charge on any atom is 0.268 e. The molecule has 0 saturated carbocycles. The molecule has 0 unspecified atom stereocenters. The summed E-state index contributed by atoms with van der Waals surface area (Å²) in [6.45, 7) is 0. The number of rotatable bonds is 3. The van der Waals surface area contributed by atoms with Gasteiger partial charge in [0.1, 0.15) is 15.0 Å². The summed E-state index contributed by atoms with van der Waals surface area (Å²) in [5.74, 6) is -0.218. The van der Waals surface area contributed by atoms with Crippen LogP contribution in [0.1, 0.15) is 22.3 Å². The minimum atomic E-state index is -2.76. The molecule has 0 radical (unpaired) electrons. The monoisotopic (exact) mass is 347 g/mol. The number of pyridine rings is 1. The van der Waals surface area contributed by atoms with Crippen LogP contribution in [0.15, 0.2) is 6.20 Å². The number of hydrogen-bond acceptors (Lipinski definition) is 3. The van der Waals surface area contributed by atoms with E-state index in [1.54, 1.807) is 22.6 Å². The molecule has 3 nitrogen and oxygen atoms in total. The smallest absolute Gasteiger partial charge is 0.268 e. The van der Waals surface area contributed by atoms with E-state index in [9.17, 15) is 13.6 Å². The predicted octanol–water partition coefficient (Wildman–Crippen LogP) is 3.01. The lowest BCUT2D eigenvalue weighted by molar-refractivity contribution is 0.107. The van der Waals surface area contributed by atoms with Gasteiger partial charge in [0, 0.05) is 6.20 Å². The van der Waals surface area contributed by atoms with Crippen LogP contribution in [-0.2, 0) is 0 Å². The third kappa shape index (κ3) is 2.54. The zero-order valence-corrected chi connectivity index (χ0v) is 10.3. The van der Waals surface area contributed by atoms with E-state index in [2.05, 4.69) is 4.98 Å². The first kappa shape index (κ1) is 12.6. The van der Waals surface area contributed by atoms with Crippen LogP contribution in [0, 0.1) is 3.70 Å². The lowest BCUT2D eigenvalue weighted by Gasteiger charge is -2.11. The molecule has 0 fully saturated rings. The normalized spacial score (nSPS) is 10.5. The standard InChI is InChI=1S/C8H5ClF2INO2/c1-15-5-3(7(10)11)2-13-8(12)4(5)6(9)14/h2,7H,1H3. The Hall–Kier alpha value is -0.500. The topological polar surface area (TPSA) is 39.2 Å². The molecule has 0 saturated heterocycles. The average molecular weight is 347 g/mol. The summed E-state index contributed by atoms with van der Waals surface area (Å²) in [5.41, 5.74) is -0.570. The SMILES string of the molecule is COc1c(C(F)F)cnc(I)c1C(=O)Cl. The molecule has 0 amide bonds. The highest BCUT2D eigenvalue weighted by atomic mass is 127. The Morgan fingerprint density at radius 3 is 2.67 bits per heavy atom. The van der Waals surface area contributed by atoms with Gasteiger partial charge in [-0.25, -0.2) is 13.8 Å². The van der Waals surface area contributed by atoms with Crippen molar-refractivity contribution < 1.29 is 18.3 Å². The first-order valence-corrected chi connectivity index (χ1v) is 5.15. The third-order valence-corrected chi connectivity index (χ3v) is 2.66. The highest BCUT2D eigenvalue weighted by molar-refractivity contribution is 14.1.